The second kappa shape index (κ2) is 9.18. The molecule has 184 valence electrons. The summed E-state index contributed by atoms with van der Waals surface area (Å²) in [5, 5.41) is 9.88. The van der Waals surface area contributed by atoms with Crippen LogP contribution in [-0.2, 0) is 21.9 Å². The molecule has 1 aliphatic carbocycles. The van der Waals surface area contributed by atoms with E-state index in [2.05, 4.69) is 58.1 Å². The van der Waals surface area contributed by atoms with E-state index in [4.69, 9.17) is 0 Å². The lowest BCUT2D eigenvalue weighted by atomic mass is 9.72. The molecule has 0 amide bonds. The highest BCUT2D eigenvalue weighted by Gasteiger charge is 2.39. The number of hydrogen-bond acceptors (Lipinski definition) is 4. The van der Waals surface area contributed by atoms with Crippen LogP contribution in [0.3, 0.4) is 0 Å². The predicted molar refractivity (Wildman–Crippen MR) is 150 cm³/mol. The molecule has 0 spiro atoms. The van der Waals surface area contributed by atoms with Gasteiger partial charge in [-0.05, 0) is 48.2 Å². The molecule has 6 rings (SSSR count). The molecule has 5 nitrogen and oxygen atoms in total. The van der Waals surface area contributed by atoms with Crippen molar-refractivity contribution in [2.45, 2.75) is 23.7 Å². The fourth-order valence-electron chi connectivity index (χ4n) is 4.94. The number of H-pyrrole nitrogens is 1. The van der Waals surface area contributed by atoms with Crippen molar-refractivity contribution in [3.8, 4) is 0 Å². The molecule has 2 aromatic heterocycles. The van der Waals surface area contributed by atoms with E-state index in [1.807, 2.05) is 49.4 Å². The number of nitrogens with zero attached hydrogens (tertiary/aromatic N) is 2. The molecule has 2 heterocycles. The second-order valence-electron chi connectivity index (χ2n) is 9.18. The molecule has 1 aliphatic rings. The summed E-state index contributed by atoms with van der Waals surface area (Å²) in [5.41, 5.74) is 4.03. The predicted octanol–water partition coefficient (Wildman–Crippen LogP) is 6.86. The number of allylic oxidation sites excluding steroid dienone is 1. The molecule has 37 heavy (non-hydrogen) atoms. The largest absolute Gasteiger partial charge is 0.280 e. The van der Waals surface area contributed by atoms with Crippen LogP contribution >= 0.6 is 11.3 Å². The van der Waals surface area contributed by atoms with E-state index in [1.165, 1.54) is 14.7 Å². The molecular weight excluding hydrogens is 498 g/mol. The lowest BCUT2D eigenvalue weighted by molar-refractivity contribution is 0.595. The Morgan fingerprint density at radius 3 is 2.27 bits per heavy atom. The summed E-state index contributed by atoms with van der Waals surface area (Å²) in [7, 11) is -3.93. The van der Waals surface area contributed by atoms with Gasteiger partial charge in [-0.25, -0.2) is 12.7 Å². The molecular formula is C30H25N3O2S2. The molecule has 0 bridgehead atoms. The number of hydrogen-bond donors (Lipinski definition) is 1. The number of benzene rings is 3. The standard InChI is InChI=1S/C30H25N3O2S2/c1-22-14-16-25(17-15-22)37(34,35)33(24-11-6-3-7-12-24)29-26-18-19-30(21-27(26)31-32-29,28-13-8-20-36-28)23-9-4-2-5-10-23/h2-20H,21H2,1H3,(H,31,32). The first-order valence-electron chi connectivity index (χ1n) is 12.0. The van der Waals surface area contributed by atoms with Crippen LogP contribution in [0.15, 0.2) is 113 Å². The third-order valence-corrected chi connectivity index (χ3v) is 9.62. The Morgan fingerprint density at radius 2 is 1.59 bits per heavy atom. The molecule has 1 unspecified atom stereocenters. The van der Waals surface area contributed by atoms with Crippen molar-refractivity contribution in [2.24, 2.45) is 0 Å². The van der Waals surface area contributed by atoms with Gasteiger partial charge >= 0.3 is 0 Å². The third kappa shape index (κ3) is 4.00. The lowest BCUT2D eigenvalue weighted by Gasteiger charge is -2.33. The summed E-state index contributed by atoms with van der Waals surface area (Å²) in [4.78, 5) is 1.44. The van der Waals surface area contributed by atoms with Gasteiger partial charge in [-0.15, -0.1) is 11.3 Å². The number of fused-ring (bicyclic) bond motifs is 1. The monoisotopic (exact) mass is 523 g/mol. The van der Waals surface area contributed by atoms with Gasteiger partial charge in [0.25, 0.3) is 10.0 Å². The maximum atomic E-state index is 14.0. The van der Waals surface area contributed by atoms with Crippen LogP contribution in [0.1, 0.15) is 27.3 Å². The van der Waals surface area contributed by atoms with Crippen LogP contribution in [-0.4, -0.2) is 18.6 Å². The molecule has 7 heteroatoms. The van der Waals surface area contributed by atoms with E-state index in [-0.39, 0.29) is 10.3 Å². The van der Waals surface area contributed by atoms with E-state index >= 15 is 0 Å². The highest BCUT2D eigenvalue weighted by molar-refractivity contribution is 7.93. The van der Waals surface area contributed by atoms with Crippen molar-refractivity contribution in [2.75, 3.05) is 4.31 Å². The summed E-state index contributed by atoms with van der Waals surface area (Å²) >= 11 is 1.72. The number of rotatable bonds is 6. The number of aryl methyl sites for hydroxylation is 1. The average molecular weight is 524 g/mol. The summed E-state index contributed by atoms with van der Waals surface area (Å²) in [6.07, 6.45) is 4.85. The first kappa shape index (κ1) is 23.5. The van der Waals surface area contributed by atoms with Gasteiger partial charge in [-0.2, -0.15) is 5.10 Å². The van der Waals surface area contributed by atoms with Crippen molar-refractivity contribution in [1.29, 1.82) is 0 Å². The first-order chi connectivity index (χ1) is 18.0. The van der Waals surface area contributed by atoms with E-state index in [1.54, 1.807) is 35.6 Å². The second-order valence-corrected chi connectivity index (χ2v) is 11.9. The Balaban J connectivity index is 1.50. The van der Waals surface area contributed by atoms with Gasteiger partial charge in [-0.3, -0.25) is 5.10 Å². The van der Waals surface area contributed by atoms with E-state index in [0.717, 1.165) is 16.8 Å². The first-order valence-corrected chi connectivity index (χ1v) is 14.3. The number of anilines is 2. The minimum absolute atomic E-state index is 0.218. The number of para-hydroxylation sites is 1. The molecule has 1 N–H and O–H groups in total. The topological polar surface area (TPSA) is 66.1 Å². The Morgan fingerprint density at radius 1 is 0.892 bits per heavy atom. The van der Waals surface area contributed by atoms with Crippen LogP contribution in [0, 0.1) is 6.92 Å². The molecule has 5 aromatic rings. The molecule has 1 atom stereocenters. The fourth-order valence-corrected chi connectivity index (χ4v) is 7.32. The Kier molecular flexibility index (Phi) is 5.82. The molecule has 0 aliphatic heterocycles. The molecule has 0 fully saturated rings. The third-order valence-electron chi connectivity index (χ3n) is 6.84. The van der Waals surface area contributed by atoms with Gasteiger partial charge in [0.15, 0.2) is 5.82 Å². The number of nitrogens with one attached hydrogen (secondary N) is 1. The number of aromatic amines is 1. The molecule has 0 radical (unpaired) electrons. The average Bonchev–Trinajstić information content (AvgIpc) is 3.61. The normalized spacial score (nSPS) is 16.9. The van der Waals surface area contributed by atoms with Gasteiger partial charge < -0.3 is 0 Å². The van der Waals surface area contributed by atoms with Crippen LogP contribution in [0.2, 0.25) is 0 Å². The minimum atomic E-state index is -3.93. The number of sulfonamides is 1. The quantitative estimate of drug-likeness (QED) is 0.264. The Labute approximate surface area is 220 Å². The van der Waals surface area contributed by atoms with Gasteiger partial charge in [0.1, 0.15) is 0 Å². The minimum Gasteiger partial charge on any atom is -0.280 e. The SMILES string of the molecule is Cc1ccc(S(=O)(=O)N(c2ccccc2)c2n[nH]c3c2C=CC(c2ccccc2)(c2cccs2)C3)cc1. The summed E-state index contributed by atoms with van der Waals surface area (Å²) in [5.74, 6) is 0.367. The molecule has 0 saturated carbocycles. The van der Waals surface area contributed by atoms with Crippen molar-refractivity contribution >= 4 is 38.9 Å². The van der Waals surface area contributed by atoms with Crippen molar-refractivity contribution < 1.29 is 8.42 Å². The van der Waals surface area contributed by atoms with Crippen molar-refractivity contribution in [3.63, 3.8) is 0 Å². The van der Waals surface area contributed by atoms with E-state index < -0.39 is 10.0 Å². The smallest absolute Gasteiger partial charge is 0.269 e. The molecule has 3 aromatic carbocycles. The van der Waals surface area contributed by atoms with E-state index in [0.29, 0.717) is 17.9 Å². The number of aromatic nitrogens is 2. The van der Waals surface area contributed by atoms with Gasteiger partial charge in [0, 0.05) is 22.6 Å². The maximum Gasteiger partial charge on any atom is 0.269 e. The zero-order valence-corrected chi connectivity index (χ0v) is 21.8. The Bertz CT molecular complexity index is 1660. The van der Waals surface area contributed by atoms with Crippen LogP contribution in [0.4, 0.5) is 11.5 Å². The summed E-state index contributed by atoms with van der Waals surface area (Å²) < 4.78 is 29.4. The molecule has 0 saturated heterocycles. The Hall–Kier alpha value is -3.94. The van der Waals surface area contributed by atoms with Crippen LogP contribution in [0.25, 0.3) is 6.08 Å². The summed E-state index contributed by atoms with van der Waals surface area (Å²) in [6, 6.07) is 30.7. The van der Waals surface area contributed by atoms with Gasteiger partial charge in [0.2, 0.25) is 0 Å². The van der Waals surface area contributed by atoms with E-state index in [9.17, 15) is 8.42 Å². The highest BCUT2D eigenvalue weighted by Crippen LogP contribution is 2.45. The number of thiophene rings is 1. The van der Waals surface area contributed by atoms with Gasteiger partial charge in [-0.1, -0.05) is 84.4 Å². The van der Waals surface area contributed by atoms with Crippen molar-refractivity contribution in [3.05, 3.63) is 136 Å². The van der Waals surface area contributed by atoms with Crippen LogP contribution in [0.5, 0.6) is 0 Å². The lowest BCUT2D eigenvalue weighted by Crippen LogP contribution is -2.30. The van der Waals surface area contributed by atoms with Gasteiger partial charge in [0.05, 0.1) is 16.0 Å². The highest BCUT2D eigenvalue weighted by atomic mass is 32.2. The maximum absolute atomic E-state index is 14.0. The fraction of sp³-hybridized carbons (Fsp3) is 0.100. The zero-order chi connectivity index (χ0) is 25.5. The van der Waals surface area contributed by atoms with Crippen LogP contribution < -0.4 is 4.31 Å². The summed E-state index contributed by atoms with van der Waals surface area (Å²) in [6.45, 7) is 1.94. The zero-order valence-electron chi connectivity index (χ0n) is 20.2. The van der Waals surface area contributed by atoms with Crippen molar-refractivity contribution in [1.82, 2.24) is 10.2 Å².